The van der Waals surface area contributed by atoms with Gasteiger partial charge in [-0.05, 0) is 48.0 Å². The van der Waals surface area contributed by atoms with Crippen molar-refractivity contribution in [3.05, 3.63) is 17.6 Å². The molecule has 0 saturated carbocycles. The largest absolute Gasteiger partial charge is 0.367 e. The van der Waals surface area contributed by atoms with Crippen molar-refractivity contribution < 1.29 is 4.74 Å². The Bertz CT molecular complexity index is 434. The molecule has 0 amide bonds. The number of hydrogen-bond donors (Lipinski definition) is 1. The minimum absolute atomic E-state index is 0.0850. The molecule has 1 aliphatic rings. The van der Waals surface area contributed by atoms with Crippen LogP contribution in [0.1, 0.15) is 45.6 Å². The average Bonchev–Trinajstić information content (AvgIpc) is 2.31. The molecule has 4 heteroatoms. The topological polar surface area (TPSA) is 47.0 Å². The van der Waals surface area contributed by atoms with Crippen molar-refractivity contribution in [1.29, 1.82) is 0 Å². The predicted octanol–water partition coefficient (Wildman–Crippen LogP) is 2.85. The van der Waals surface area contributed by atoms with E-state index in [9.17, 15) is 0 Å². The van der Waals surface area contributed by atoms with Gasteiger partial charge in [0.15, 0.2) is 0 Å². The maximum absolute atomic E-state index is 6.08. The van der Waals surface area contributed by atoms with E-state index in [1.807, 2.05) is 19.9 Å². The Labute approximate surface area is 109 Å². The highest BCUT2D eigenvalue weighted by atomic mass is 16.5. The molecule has 0 radical (unpaired) electrons. The first-order chi connectivity index (χ1) is 8.18. The third-order valence-corrected chi connectivity index (χ3v) is 3.36. The molecule has 0 spiro atoms. The molecule has 1 aromatic rings. The Morgan fingerprint density at radius 2 is 1.89 bits per heavy atom. The van der Waals surface area contributed by atoms with E-state index in [0.29, 0.717) is 0 Å². The lowest BCUT2D eigenvalue weighted by Gasteiger charge is -2.28. The van der Waals surface area contributed by atoms with Crippen LogP contribution < -0.4 is 5.32 Å². The highest BCUT2D eigenvalue weighted by molar-refractivity contribution is 5.38. The molecule has 1 unspecified atom stereocenters. The van der Waals surface area contributed by atoms with Gasteiger partial charge in [0.25, 0.3) is 0 Å². The first-order valence-electron chi connectivity index (χ1n) is 6.47. The summed E-state index contributed by atoms with van der Waals surface area (Å²) in [7, 11) is 0. The van der Waals surface area contributed by atoms with Gasteiger partial charge < -0.3 is 10.1 Å². The van der Waals surface area contributed by atoms with Crippen LogP contribution in [0, 0.1) is 13.8 Å². The summed E-state index contributed by atoms with van der Waals surface area (Å²) in [4.78, 5) is 8.72. The second-order valence-electron chi connectivity index (χ2n) is 6.31. The van der Waals surface area contributed by atoms with Gasteiger partial charge in [0.05, 0.1) is 17.2 Å². The minimum Gasteiger partial charge on any atom is -0.367 e. The van der Waals surface area contributed by atoms with Gasteiger partial charge in [-0.3, -0.25) is 0 Å². The maximum atomic E-state index is 6.08. The van der Waals surface area contributed by atoms with E-state index in [-0.39, 0.29) is 17.2 Å². The molecule has 2 rings (SSSR count). The number of ether oxygens (including phenoxy) is 1. The van der Waals surface area contributed by atoms with E-state index in [0.717, 1.165) is 23.8 Å². The lowest BCUT2D eigenvalue weighted by Crippen LogP contribution is -2.38. The maximum Gasteiger partial charge on any atom is 0.130 e. The number of nitrogens with one attached hydrogen (secondary N) is 1. The van der Waals surface area contributed by atoms with Gasteiger partial charge in [0.1, 0.15) is 11.6 Å². The van der Waals surface area contributed by atoms with Crippen molar-refractivity contribution in [2.45, 2.75) is 65.2 Å². The Morgan fingerprint density at radius 3 is 2.39 bits per heavy atom. The Kier molecular flexibility index (Phi) is 3.09. The zero-order valence-corrected chi connectivity index (χ0v) is 12.2. The summed E-state index contributed by atoms with van der Waals surface area (Å²) in [6.07, 6.45) is 0.974. The van der Waals surface area contributed by atoms with Gasteiger partial charge >= 0.3 is 0 Å². The lowest BCUT2D eigenvalue weighted by molar-refractivity contribution is -0.0662. The van der Waals surface area contributed by atoms with Crippen molar-refractivity contribution in [2.24, 2.45) is 0 Å². The standard InChI is InChI=1S/C14H23N3O/c1-9-7-12(16-10(2)15-9)17-11-8-13(3,4)18-14(11,5)6/h7,11H,8H2,1-6H3,(H,15,16,17). The molecule has 0 aliphatic carbocycles. The van der Waals surface area contributed by atoms with Crippen LogP contribution in [0.15, 0.2) is 6.07 Å². The number of nitrogens with zero attached hydrogens (tertiary/aromatic N) is 2. The number of anilines is 1. The van der Waals surface area contributed by atoms with Crippen molar-refractivity contribution >= 4 is 5.82 Å². The molecule has 18 heavy (non-hydrogen) atoms. The van der Waals surface area contributed by atoms with Gasteiger partial charge in [-0.25, -0.2) is 9.97 Å². The van der Waals surface area contributed by atoms with E-state index in [1.165, 1.54) is 0 Å². The van der Waals surface area contributed by atoms with Crippen LogP contribution in [0.2, 0.25) is 0 Å². The fourth-order valence-corrected chi connectivity index (χ4v) is 2.76. The lowest BCUT2D eigenvalue weighted by atomic mass is 9.94. The molecule has 100 valence electrons. The summed E-state index contributed by atoms with van der Waals surface area (Å²) in [5.41, 5.74) is 0.718. The summed E-state index contributed by atoms with van der Waals surface area (Å²) < 4.78 is 6.08. The van der Waals surface area contributed by atoms with E-state index < -0.39 is 0 Å². The fraction of sp³-hybridized carbons (Fsp3) is 0.714. The van der Waals surface area contributed by atoms with Crippen molar-refractivity contribution in [2.75, 3.05) is 5.32 Å². The van der Waals surface area contributed by atoms with Gasteiger partial charge in [0, 0.05) is 11.8 Å². The van der Waals surface area contributed by atoms with Gasteiger partial charge in [-0.1, -0.05) is 0 Å². The first-order valence-corrected chi connectivity index (χ1v) is 6.47. The SMILES string of the molecule is Cc1cc(NC2CC(C)(C)OC2(C)C)nc(C)n1. The number of aryl methyl sites for hydroxylation is 2. The molecular weight excluding hydrogens is 226 g/mol. The quantitative estimate of drug-likeness (QED) is 0.875. The second kappa shape index (κ2) is 4.19. The molecule has 4 nitrogen and oxygen atoms in total. The molecule has 0 aromatic carbocycles. The Morgan fingerprint density at radius 1 is 1.22 bits per heavy atom. The smallest absolute Gasteiger partial charge is 0.130 e. The van der Waals surface area contributed by atoms with Gasteiger partial charge in [-0.15, -0.1) is 0 Å². The van der Waals surface area contributed by atoms with E-state index in [1.54, 1.807) is 0 Å². The highest BCUT2D eigenvalue weighted by Gasteiger charge is 2.45. The van der Waals surface area contributed by atoms with E-state index in [4.69, 9.17) is 4.74 Å². The fourth-order valence-electron chi connectivity index (χ4n) is 2.76. The molecule has 1 atom stereocenters. The van der Waals surface area contributed by atoms with Crippen LogP contribution in [0.3, 0.4) is 0 Å². The molecule has 0 bridgehead atoms. The third-order valence-electron chi connectivity index (χ3n) is 3.36. The summed E-state index contributed by atoms with van der Waals surface area (Å²) in [6, 6.07) is 2.25. The predicted molar refractivity (Wildman–Crippen MR) is 72.8 cm³/mol. The van der Waals surface area contributed by atoms with Crippen LogP contribution in [0.25, 0.3) is 0 Å². The zero-order chi connectivity index (χ0) is 13.6. The third kappa shape index (κ3) is 2.80. The summed E-state index contributed by atoms with van der Waals surface area (Å²) in [5, 5.41) is 3.49. The van der Waals surface area contributed by atoms with Gasteiger partial charge in [-0.2, -0.15) is 0 Å². The summed E-state index contributed by atoms with van der Waals surface area (Å²) >= 11 is 0. The van der Waals surface area contributed by atoms with Gasteiger partial charge in [0.2, 0.25) is 0 Å². The zero-order valence-electron chi connectivity index (χ0n) is 12.2. The van der Waals surface area contributed by atoms with Crippen LogP contribution in [0.5, 0.6) is 0 Å². The number of hydrogen-bond acceptors (Lipinski definition) is 4. The molecule has 1 N–H and O–H groups in total. The monoisotopic (exact) mass is 249 g/mol. The summed E-state index contributed by atoms with van der Waals surface area (Å²) in [5.74, 6) is 1.69. The highest BCUT2D eigenvalue weighted by Crippen LogP contribution is 2.38. The minimum atomic E-state index is -0.184. The average molecular weight is 249 g/mol. The van der Waals surface area contributed by atoms with Crippen molar-refractivity contribution in [1.82, 2.24) is 9.97 Å². The number of rotatable bonds is 2. The molecule has 2 heterocycles. The second-order valence-corrected chi connectivity index (χ2v) is 6.31. The van der Waals surface area contributed by atoms with Crippen LogP contribution in [0.4, 0.5) is 5.82 Å². The Balaban J connectivity index is 2.19. The van der Waals surface area contributed by atoms with Crippen LogP contribution >= 0.6 is 0 Å². The van der Waals surface area contributed by atoms with Crippen LogP contribution in [-0.4, -0.2) is 27.2 Å². The number of aromatic nitrogens is 2. The van der Waals surface area contributed by atoms with Crippen molar-refractivity contribution in [3.8, 4) is 0 Å². The Hall–Kier alpha value is -1.16. The first kappa shape index (κ1) is 13.3. The molecular formula is C14H23N3O. The molecule has 1 fully saturated rings. The molecule has 1 aliphatic heterocycles. The summed E-state index contributed by atoms with van der Waals surface area (Å²) in [6.45, 7) is 12.4. The normalized spacial score (nSPS) is 25.1. The van der Waals surface area contributed by atoms with Crippen molar-refractivity contribution in [3.63, 3.8) is 0 Å². The van der Waals surface area contributed by atoms with E-state index >= 15 is 0 Å². The van der Waals surface area contributed by atoms with Crippen LogP contribution in [-0.2, 0) is 4.74 Å². The molecule has 1 saturated heterocycles. The molecule has 1 aromatic heterocycles. The van der Waals surface area contributed by atoms with E-state index in [2.05, 4.69) is 43.0 Å².